The molecule has 1 aliphatic heterocycles. The summed E-state index contributed by atoms with van der Waals surface area (Å²) in [6, 6.07) is 5.94. The van der Waals surface area contributed by atoms with Gasteiger partial charge in [-0.2, -0.15) is 0 Å². The number of halogens is 1. The van der Waals surface area contributed by atoms with Crippen LogP contribution in [0, 0.1) is 11.7 Å². The number of urea groups is 1. The first-order valence-electron chi connectivity index (χ1n) is 9.59. The number of rotatable bonds is 5. The Kier molecular flexibility index (Phi) is 6.31. The third-order valence-corrected chi connectivity index (χ3v) is 5.64. The number of hydrogen-bond donors (Lipinski definition) is 3. The molecule has 1 heterocycles. The number of ether oxygens (including phenoxy) is 1. The van der Waals surface area contributed by atoms with Gasteiger partial charge in [-0.05, 0) is 56.2 Å². The standard InChI is InChI=1S/C20H27FN2O4/c21-16-6-4-14(5-7-16)13-20(8-10-27-11-9-20)23-19(26)22-17-3-1-2-15(12-17)18(24)25/h4-7,15,17H,1-3,8-13H2,(H,24,25)(H2,22,23,26)/t15-,17+/m1/s1. The lowest BCUT2D eigenvalue weighted by atomic mass is 9.83. The molecule has 6 nitrogen and oxygen atoms in total. The van der Waals surface area contributed by atoms with Crippen LogP contribution >= 0.6 is 0 Å². The monoisotopic (exact) mass is 378 g/mol. The summed E-state index contributed by atoms with van der Waals surface area (Å²) in [7, 11) is 0. The highest BCUT2D eigenvalue weighted by molar-refractivity contribution is 5.75. The minimum Gasteiger partial charge on any atom is -0.481 e. The highest BCUT2D eigenvalue weighted by atomic mass is 19.1. The van der Waals surface area contributed by atoms with Crippen molar-refractivity contribution >= 4 is 12.0 Å². The molecule has 0 aromatic heterocycles. The van der Waals surface area contributed by atoms with Gasteiger partial charge < -0.3 is 20.5 Å². The number of nitrogens with one attached hydrogen (secondary N) is 2. The van der Waals surface area contributed by atoms with Crippen LogP contribution in [-0.4, -0.2) is 41.9 Å². The number of carboxylic acid groups (broad SMARTS) is 1. The molecule has 148 valence electrons. The molecule has 7 heteroatoms. The van der Waals surface area contributed by atoms with E-state index in [1.165, 1.54) is 12.1 Å². The Bertz CT molecular complexity index is 658. The minimum atomic E-state index is -0.792. The summed E-state index contributed by atoms with van der Waals surface area (Å²) < 4.78 is 18.6. The Morgan fingerprint density at radius 2 is 1.89 bits per heavy atom. The highest BCUT2D eigenvalue weighted by Crippen LogP contribution is 2.27. The number of carbonyl (C=O) groups excluding carboxylic acids is 1. The first-order chi connectivity index (χ1) is 13.0. The molecule has 2 fully saturated rings. The molecule has 3 rings (SSSR count). The Morgan fingerprint density at radius 1 is 1.19 bits per heavy atom. The van der Waals surface area contributed by atoms with E-state index in [0.29, 0.717) is 45.3 Å². The van der Waals surface area contributed by atoms with Crippen molar-refractivity contribution in [2.45, 2.75) is 56.5 Å². The van der Waals surface area contributed by atoms with Crippen LogP contribution in [0.25, 0.3) is 0 Å². The summed E-state index contributed by atoms with van der Waals surface area (Å²) in [5.41, 5.74) is 0.517. The van der Waals surface area contributed by atoms with Crippen LogP contribution in [0.2, 0.25) is 0 Å². The van der Waals surface area contributed by atoms with Gasteiger partial charge in [0, 0.05) is 19.3 Å². The molecule has 2 amide bonds. The van der Waals surface area contributed by atoms with E-state index in [2.05, 4.69) is 10.6 Å². The van der Waals surface area contributed by atoms with Crippen LogP contribution in [0.4, 0.5) is 9.18 Å². The summed E-state index contributed by atoms with van der Waals surface area (Å²) in [5.74, 6) is -1.46. The molecular weight excluding hydrogens is 351 g/mol. The zero-order valence-electron chi connectivity index (χ0n) is 15.4. The number of amides is 2. The van der Waals surface area contributed by atoms with Crippen LogP contribution in [0.1, 0.15) is 44.1 Å². The average Bonchev–Trinajstić information content (AvgIpc) is 2.64. The minimum absolute atomic E-state index is 0.123. The van der Waals surface area contributed by atoms with E-state index in [4.69, 9.17) is 4.74 Å². The van der Waals surface area contributed by atoms with E-state index < -0.39 is 11.5 Å². The third kappa shape index (κ3) is 5.42. The van der Waals surface area contributed by atoms with Gasteiger partial charge in [-0.15, -0.1) is 0 Å². The number of carboxylic acids is 1. The maximum absolute atomic E-state index is 13.2. The van der Waals surface area contributed by atoms with Crippen LogP contribution < -0.4 is 10.6 Å². The maximum atomic E-state index is 13.2. The predicted molar refractivity (Wildman–Crippen MR) is 97.9 cm³/mol. The smallest absolute Gasteiger partial charge is 0.315 e. The second kappa shape index (κ2) is 8.69. The zero-order valence-corrected chi connectivity index (χ0v) is 15.4. The SMILES string of the molecule is O=C(N[C@H]1CCC[C@@H](C(=O)O)C1)NC1(Cc2ccc(F)cc2)CCOCC1. The van der Waals surface area contributed by atoms with Gasteiger partial charge in [-0.25, -0.2) is 9.18 Å². The molecule has 1 aliphatic carbocycles. The Balaban J connectivity index is 1.62. The van der Waals surface area contributed by atoms with Crippen LogP contribution in [-0.2, 0) is 16.0 Å². The number of carbonyl (C=O) groups is 2. The lowest BCUT2D eigenvalue weighted by Crippen LogP contribution is -2.57. The van der Waals surface area contributed by atoms with Crippen LogP contribution in [0.5, 0.6) is 0 Å². The molecule has 0 radical (unpaired) electrons. The second-order valence-electron chi connectivity index (χ2n) is 7.69. The molecule has 27 heavy (non-hydrogen) atoms. The van der Waals surface area contributed by atoms with Gasteiger partial charge in [0.25, 0.3) is 0 Å². The molecule has 0 spiro atoms. The van der Waals surface area contributed by atoms with Gasteiger partial charge in [0.1, 0.15) is 5.82 Å². The molecular formula is C20H27FN2O4. The Morgan fingerprint density at radius 3 is 2.56 bits per heavy atom. The quantitative estimate of drug-likeness (QED) is 0.735. The fraction of sp³-hybridized carbons (Fsp3) is 0.600. The molecule has 2 aliphatic rings. The van der Waals surface area contributed by atoms with E-state index >= 15 is 0 Å². The van der Waals surface area contributed by atoms with Crippen LogP contribution in [0.3, 0.4) is 0 Å². The average molecular weight is 378 g/mol. The summed E-state index contributed by atoms with van der Waals surface area (Å²) in [6.07, 6.45) is 4.70. The number of hydrogen-bond acceptors (Lipinski definition) is 3. The van der Waals surface area contributed by atoms with Gasteiger partial charge in [0.05, 0.1) is 11.5 Å². The number of benzene rings is 1. The van der Waals surface area contributed by atoms with E-state index in [1.54, 1.807) is 12.1 Å². The van der Waals surface area contributed by atoms with Gasteiger partial charge in [0.2, 0.25) is 0 Å². The maximum Gasteiger partial charge on any atom is 0.315 e. The van der Waals surface area contributed by atoms with Crippen molar-refractivity contribution in [3.8, 4) is 0 Å². The topological polar surface area (TPSA) is 87.7 Å². The van der Waals surface area contributed by atoms with Crippen LogP contribution in [0.15, 0.2) is 24.3 Å². The van der Waals surface area contributed by atoms with Crippen molar-refractivity contribution < 1.29 is 23.8 Å². The van der Waals surface area contributed by atoms with Crippen molar-refractivity contribution in [2.75, 3.05) is 13.2 Å². The van der Waals surface area contributed by atoms with Gasteiger partial charge in [-0.3, -0.25) is 4.79 Å². The van der Waals surface area contributed by atoms with E-state index in [9.17, 15) is 19.1 Å². The Hall–Kier alpha value is -2.15. The lowest BCUT2D eigenvalue weighted by molar-refractivity contribution is -0.143. The largest absolute Gasteiger partial charge is 0.481 e. The predicted octanol–water partition coefficient (Wildman–Crippen LogP) is 2.86. The zero-order chi connectivity index (χ0) is 19.3. The lowest BCUT2D eigenvalue weighted by Gasteiger charge is -2.39. The van der Waals surface area contributed by atoms with Gasteiger partial charge in [0.15, 0.2) is 0 Å². The fourth-order valence-corrected chi connectivity index (χ4v) is 4.11. The van der Waals surface area contributed by atoms with Crippen molar-refractivity contribution in [2.24, 2.45) is 5.92 Å². The van der Waals surface area contributed by atoms with Crippen molar-refractivity contribution in [1.82, 2.24) is 10.6 Å². The fourth-order valence-electron chi connectivity index (χ4n) is 4.11. The van der Waals surface area contributed by atoms with E-state index in [0.717, 1.165) is 18.4 Å². The molecule has 1 saturated heterocycles. The number of aliphatic carboxylic acids is 1. The molecule has 0 unspecified atom stereocenters. The van der Waals surface area contributed by atoms with Crippen molar-refractivity contribution in [1.29, 1.82) is 0 Å². The molecule has 1 saturated carbocycles. The normalized spacial score (nSPS) is 24.8. The first kappa shape index (κ1) is 19.6. The van der Waals surface area contributed by atoms with Gasteiger partial charge >= 0.3 is 12.0 Å². The molecule has 0 bridgehead atoms. The second-order valence-corrected chi connectivity index (χ2v) is 7.69. The van der Waals surface area contributed by atoms with Crippen molar-refractivity contribution in [3.05, 3.63) is 35.6 Å². The van der Waals surface area contributed by atoms with E-state index in [-0.39, 0.29) is 23.8 Å². The summed E-state index contributed by atoms with van der Waals surface area (Å²) in [6.45, 7) is 1.12. The summed E-state index contributed by atoms with van der Waals surface area (Å²) in [4.78, 5) is 23.8. The Labute approximate surface area is 158 Å². The third-order valence-electron chi connectivity index (χ3n) is 5.64. The summed E-state index contributed by atoms with van der Waals surface area (Å²) >= 11 is 0. The van der Waals surface area contributed by atoms with E-state index in [1.807, 2.05) is 0 Å². The molecule has 1 aromatic carbocycles. The summed E-state index contributed by atoms with van der Waals surface area (Å²) in [5, 5.41) is 15.3. The van der Waals surface area contributed by atoms with Gasteiger partial charge in [-0.1, -0.05) is 18.6 Å². The highest BCUT2D eigenvalue weighted by Gasteiger charge is 2.35. The molecule has 3 N–H and O–H groups in total. The molecule has 2 atom stereocenters. The molecule has 1 aromatic rings. The van der Waals surface area contributed by atoms with Crippen molar-refractivity contribution in [3.63, 3.8) is 0 Å². The first-order valence-corrected chi connectivity index (χ1v) is 9.59.